The van der Waals surface area contributed by atoms with Crippen LogP contribution < -0.4 is 5.43 Å². The molecule has 0 aliphatic heterocycles. The number of hydrazone groups is 1. The summed E-state index contributed by atoms with van der Waals surface area (Å²) in [6.07, 6.45) is 0. The van der Waals surface area contributed by atoms with Crippen molar-refractivity contribution in [3.8, 4) is 0 Å². The number of rotatable bonds is 7. The lowest BCUT2D eigenvalue weighted by Crippen LogP contribution is -2.21. The molecule has 0 unspecified atom stereocenters. The normalized spacial score (nSPS) is 11.6. The van der Waals surface area contributed by atoms with Gasteiger partial charge in [0.05, 0.1) is 27.4 Å². The predicted octanol–water partition coefficient (Wildman–Crippen LogP) is 3.60. The molecule has 9 heteroatoms. The van der Waals surface area contributed by atoms with E-state index in [9.17, 15) is 14.9 Å². The van der Waals surface area contributed by atoms with Crippen LogP contribution in [0.2, 0.25) is 0 Å². The summed E-state index contributed by atoms with van der Waals surface area (Å²) < 4.78 is 2.06. The van der Waals surface area contributed by atoms with Crippen molar-refractivity contribution in [1.29, 1.82) is 0 Å². The summed E-state index contributed by atoms with van der Waals surface area (Å²) in [6, 6.07) is 14.0. The number of nitro benzene ring substituents is 1. The second-order valence-corrected chi connectivity index (χ2v) is 6.90. The van der Waals surface area contributed by atoms with Gasteiger partial charge in [0.25, 0.3) is 11.6 Å². The number of fused-ring (bicyclic) bond motifs is 1. The van der Waals surface area contributed by atoms with Gasteiger partial charge in [-0.1, -0.05) is 36.0 Å². The molecule has 3 aromatic rings. The van der Waals surface area contributed by atoms with Crippen LogP contribution in [0.15, 0.2) is 58.8 Å². The van der Waals surface area contributed by atoms with E-state index in [0.29, 0.717) is 11.3 Å². The van der Waals surface area contributed by atoms with Gasteiger partial charge in [-0.25, -0.2) is 10.4 Å². The molecule has 0 aliphatic carbocycles. The Balaban J connectivity index is 1.64. The summed E-state index contributed by atoms with van der Waals surface area (Å²) in [4.78, 5) is 27.1. The lowest BCUT2D eigenvalue weighted by atomic mass is 10.1. The molecule has 144 valence electrons. The predicted molar refractivity (Wildman–Crippen MR) is 110 cm³/mol. The van der Waals surface area contributed by atoms with Crippen LogP contribution in [0.25, 0.3) is 11.0 Å². The van der Waals surface area contributed by atoms with Gasteiger partial charge in [-0.05, 0) is 26.0 Å². The van der Waals surface area contributed by atoms with Gasteiger partial charge in [0.15, 0.2) is 5.16 Å². The molecule has 28 heavy (non-hydrogen) atoms. The van der Waals surface area contributed by atoms with E-state index < -0.39 is 4.92 Å². The number of benzene rings is 2. The molecule has 0 saturated heterocycles. The first-order chi connectivity index (χ1) is 13.5. The third kappa shape index (κ3) is 4.37. The van der Waals surface area contributed by atoms with Crippen molar-refractivity contribution in [2.45, 2.75) is 25.5 Å². The van der Waals surface area contributed by atoms with E-state index >= 15 is 0 Å². The van der Waals surface area contributed by atoms with Crippen molar-refractivity contribution >= 4 is 40.1 Å². The first-order valence-corrected chi connectivity index (χ1v) is 9.64. The number of aromatic nitrogens is 2. The topological polar surface area (TPSA) is 102 Å². The molecule has 3 rings (SSSR count). The van der Waals surface area contributed by atoms with E-state index in [-0.39, 0.29) is 17.3 Å². The van der Waals surface area contributed by atoms with E-state index in [2.05, 4.69) is 20.1 Å². The van der Waals surface area contributed by atoms with Gasteiger partial charge in [0.1, 0.15) is 0 Å². The number of amides is 1. The summed E-state index contributed by atoms with van der Waals surface area (Å²) in [6.45, 7) is 4.47. The molecular formula is C19H19N5O3S. The van der Waals surface area contributed by atoms with Crippen LogP contribution in [0.1, 0.15) is 19.4 Å². The average molecular weight is 397 g/mol. The van der Waals surface area contributed by atoms with Crippen LogP contribution >= 0.6 is 11.8 Å². The van der Waals surface area contributed by atoms with Crippen molar-refractivity contribution in [3.63, 3.8) is 0 Å². The minimum absolute atomic E-state index is 0.0209. The Labute approximate surface area is 165 Å². The highest BCUT2D eigenvalue weighted by atomic mass is 32.2. The van der Waals surface area contributed by atoms with Gasteiger partial charge in [-0.2, -0.15) is 5.10 Å². The molecule has 1 amide bonds. The zero-order valence-corrected chi connectivity index (χ0v) is 16.3. The highest BCUT2D eigenvalue weighted by molar-refractivity contribution is 7.99. The van der Waals surface area contributed by atoms with E-state index in [0.717, 1.165) is 22.7 Å². The van der Waals surface area contributed by atoms with Gasteiger partial charge in [-0.3, -0.25) is 14.9 Å². The minimum atomic E-state index is -0.466. The van der Waals surface area contributed by atoms with Crippen molar-refractivity contribution in [1.82, 2.24) is 15.0 Å². The number of aryl methyl sites for hydroxylation is 1. The first-order valence-electron chi connectivity index (χ1n) is 8.65. The number of carbonyl (C=O) groups is 1. The molecule has 0 radical (unpaired) electrons. The number of non-ortho nitro benzene ring substituents is 1. The third-order valence-electron chi connectivity index (χ3n) is 4.09. The van der Waals surface area contributed by atoms with Crippen molar-refractivity contribution in [2.75, 3.05) is 5.75 Å². The number of para-hydroxylation sites is 2. The molecule has 0 fully saturated rings. The zero-order chi connectivity index (χ0) is 20.1. The van der Waals surface area contributed by atoms with E-state index in [1.807, 2.05) is 31.2 Å². The fraction of sp³-hybridized carbons (Fsp3) is 0.211. The molecule has 1 aromatic heterocycles. The van der Waals surface area contributed by atoms with Crippen LogP contribution in [0.5, 0.6) is 0 Å². The highest BCUT2D eigenvalue weighted by Crippen LogP contribution is 2.23. The number of nitrogens with zero attached hydrogens (tertiary/aromatic N) is 4. The minimum Gasteiger partial charge on any atom is -0.319 e. The summed E-state index contributed by atoms with van der Waals surface area (Å²) in [7, 11) is 0. The molecule has 0 atom stereocenters. The van der Waals surface area contributed by atoms with Crippen LogP contribution in [-0.4, -0.2) is 31.8 Å². The second-order valence-electron chi connectivity index (χ2n) is 5.96. The molecule has 0 aliphatic rings. The lowest BCUT2D eigenvalue weighted by Gasteiger charge is -2.05. The quantitative estimate of drug-likeness (QED) is 0.284. The van der Waals surface area contributed by atoms with Crippen LogP contribution in [0.4, 0.5) is 5.69 Å². The Morgan fingerprint density at radius 3 is 2.82 bits per heavy atom. The van der Waals surface area contributed by atoms with Crippen molar-refractivity contribution in [3.05, 3.63) is 64.2 Å². The summed E-state index contributed by atoms with van der Waals surface area (Å²) >= 11 is 1.34. The first kappa shape index (κ1) is 19.6. The van der Waals surface area contributed by atoms with E-state index in [1.165, 1.54) is 23.9 Å². The standard InChI is InChI=1S/C19H19N5O3S/c1-3-23-17-10-5-4-9-16(17)20-19(23)28-12-18(25)22-21-13(2)14-7-6-8-15(11-14)24(26)27/h4-11H,3,12H2,1-2H3,(H,22,25)/b21-13+. The molecular weight excluding hydrogens is 378 g/mol. The Kier molecular flexibility index (Phi) is 6.05. The van der Waals surface area contributed by atoms with Gasteiger partial charge in [-0.15, -0.1) is 0 Å². The Morgan fingerprint density at radius 1 is 1.29 bits per heavy atom. The maximum absolute atomic E-state index is 12.2. The number of hydrogen-bond acceptors (Lipinski definition) is 6. The summed E-state index contributed by atoms with van der Waals surface area (Å²) in [5, 5.41) is 15.7. The smallest absolute Gasteiger partial charge is 0.270 e. The van der Waals surface area contributed by atoms with E-state index in [1.54, 1.807) is 19.1 Å². The molecule has 1 N–H and O–H groups in total. The number of carbonyl (C=O) groups excluding carboxylic acids is 1. The highest BCUT2D eigenvalue weighted by Gasteiger charge is 2.12. The van der Waals surface area contributed by atoms with Gasteiger partial charge in [0.2, 0.25) is 0 Å². The molecule has 0 saturated carbocycles. The fourth-order valence-corrected chi connectivity index (χ4v) is 3.56. The molecule has 0 spiro atoms. The lowest BCUT2D eigenvalue weighted by molar-refractivity contribution is -0.384. The van der Waals surface area contributed by atoms with Crippen molar-refractivity contribution < 1.29 is 9.72 Å². The largest absolute Gasteiger partial charge is 0.319 e. The number of nitrogens with one attached hydrogen (secondary N) is 1. The summed E-state index contributed by atoms with van der Waals surface area (Å²) in [5.74, 6) is -0.112. The van der Waals surface area contributed by atoms with E-state index in [4.69, 9.17) is 0 Å². The second kappa shape index (κ2) is 8.66. The fourth-order valence-electron chi connectivity index (χ4n) is 2.69. The monoisotopic (exact) mass is 397 g/mol. The average Bonchev–Trinajstić information content (AvgIpc) is 3.08. The number of nitro groups is 1. The Morgan fingerprint density at radius 2 is 2.07 bits per heavy atom. The number of hydrogen-bond donors (Lipinski definition) is 1. The van der Waals surface area contributed by atoms with Gasteiger partial charge < -0.3 is 4.57 Å². The maximum Gasteiger partial charge on any atom is 0.270 e. The van der Waals surface area contributed by atoms with Crippen molar-refractivity contribution in [2.24, 2.45) is 5.10 Å². The zero-order valence-electron chi connectivity index (χ0n) is 15.5. The SMILES string of the molecule is CCn1c(SCC(=O)N/N=C(\C)c2cccc([N+](=O)[O-])c2)nc2ccccc21. The number of imidazole rings is 1. The Hall–Kier alpha value is -3.20. The van der Waals surface area contributed by atoms with Crippen LogP contribution in [-0.2, 0) is 11.3 Å². The van der Waals surface area contributed by atoms with Gasteiger partial charge >= 0.3 is 0 Å². The third-order valence-corrected chi connectivity index (χ3v) is 5.07. The number of thioether (sulfide) groups is 1. The van der Waals surface area contributed by atoms with Crippen LogP contribution in [0, 0.1) is 10.1 Å². The molecule has 0 bridgehead atoms. The van der Waals surface area contributed by atoms with Gasteiger partial charge in [0, 0.05) is 24.2 Å². The molecule has 1 heterocycles. The molecule has 8 nitrogen and oxygen atoms in total. The molecule has 2 aromatic carbocycles. The maximum atomic E-state index is 12.2. The Bertz CT molecular complexity index is 1060. The summed E-state index contributed by atoms with van der Waals surface area (Å²) in [5.41, 5.74) is 5.47. The van der Waals surface area contributed by atoms with Crippen LogP contribution in [0.3, 0.4) is 0 Å².